The first-order chi connectivity index (χ1) is 7.27. The zero-order valence-corrected chi connectivity index (χ0v) is 8.91. The van der Waals surface area contributed by atoms with Gasteiger partial charge < -0.3 is 0 Å². The molecule has 0 saturated carbocycles. The molecule has 1 rings (SSSR count). The summed E-state index contributed by atoms with van der Waals surface area (Å²) in [4.78, 5) is 0. The highest BCUT2D eigenvalue weighted by atomic mass is 19.1. The molecule has 1 aromatic carbocycles. The first kappa shape index (κ1) is 11.4. The van der Waals surface area contributed by atoms with Crippen LogP contribution in [0.1, 0.15) is 12.5 Å². The second-order valence-electron chi connectivity index (χ2n) is 3.25. The number of benzene rings is 1. The van der Waals surface area contributed by atoms with Crippen LogP contribution in [-0.4, -0.2) is 0 Å². The van der Waals surface area contributed by atoms with E-state index in [1.807, 2.05) is 31.2 Å². The highest BCUT2D eigenvalue weighted by molar-refractivity contribution is 5.31. The molecule has 1 aromatic rings. The standard InChI is InChI=1S/C14H15F/c1-3-7-12(8-4-2)11-13-9-5-6-10-14(13)15/h3-10H,1,11H2,2H3/b8-4-,12-7+. The van der Waals surface area contributed by atoms with Crippen LogP contribution in [-0.2, 0) is 6.42 Å². The summed E-state index contributed by atoms with van der Waals surface area (Å²) in [5.41, 5.74) is 1.77. The second kappa shape index (κ2) is 5.97. The van der Waals surface area contributed by atoms with E-state index in [4.69, 9.17) is 0 Å². The van der Waals surface area contributed by atoms with Gasteiger partial charge in [-0.3, -0.25) is 0 Å². The van der Waals surface area contributed by atoms with Crippen LogP contribution < -0.4 is 0 Å². The summed E-state index contributed by atoms with van der Waals surface area (Å²) in [6, 6.07) is 6.83. The number of hydrogen-bond acceptors (Lipinski definition) is 0. The second-order valence-corrected chi connectivity index (χ2v) is 3.25. The Morgan fingerprint density at radius 3 is 2.73 bits per heavy atom. The van der Waals surface area contributed by atoms with Crippen molar-refractivity contribution in [1.29, 1.82) is 0 Å². The van der Waals surface area contributed by atoms with Crippen molar-refractivity contribution in [2.75, 3.05) is 0 Å². The number of rotatable bonds is 4. The van der Waals surface area contributed by atoms with E-state index in [-0.39, 0.29) is 5.82 Å². The van der Waals surface area contributed by atoms with Gasteiger partial charge in [-0.25, -0.2) is 4.39 Å². The highest BCUT2D eigenvalue weighted by Gasteiger charge is 2.01. The van der Waals surface area contributed by atoms with E-state index in [0.29, 0.717) is 12.0 Å². The zero-order chi connectivity index (χ0) is 11.1. The fourth-order valence-corrected chi connectivity index (χ4v) is 1.40. The van der Waals surface area contributed by atoms with Crippen molar-refractivity contribution in [1.82, 2.24) is 0 Å². The van der Waals surface area contributed by atoms with Gasteiger partial charge in [0.25, 0.3) is 0 Å². The molecule has 0 unspecified atom stereocenters. The van der Waals surface area contributed by atoms with Gasteiger partial charge in [0.05, 0.1) is 0 Å². The van der Waals surface area contributed by atoms with Gasteiger partial charge in [0.1, 0.15) is 5.82 Å². The Bertz CT molecular complexity index is 386. The molecule has 0 saturated heterocycles. The fraction of sp³-hybridized carbons (Fsp3) is 0.143. The van der Waals surface area contributed by atoms with Crippen LogP contribution in [0, 0.1) is 5.82 Å². The maximum Gasteiger partial charge on any atom is 0.126 e. The largest absolute Gasteiger partial charge is 0.207 e. The maximum atomic E-state index is 13.4. The van der Waals surface area contributed by atoms with Crippen LogP contribution in [0.2, 0.25) is 0 Å². The Hall–Kier alpha value is -1.63. The minimum absolute atomic E-state index is 0.156. The van der Waals surface area contributed by atoms with E-state index in [9.17, 15) is 4.39 Å². The van der Waals surface area contributed by atoms with Gasteiger partial charge in [-0.1, -0.05) is 49.1 Å². The molecule has 0 radical (unpaired) electrons. The molecule has 0 atom stereocenters. The third kappa shape index (κ3) is 3.55. The summed E-state index contributed by atoms with van der Waals surface area (Å²) in [5, 5.41) is 0. The number of halogens is 1. The Labute approximate surface area is 90.4 Å². The molecular formula is C14H15F. The van der Waals surface area contributed by atoms with Crippen molar-refractivity contribution in [3.05, 3.63) is 72.1 Å². The highest BCUT2D eigenvalue weighted by Crippen LogP contribution is 2.13. The van der Waals surface area contributed by atoms with Gasteiger partial charge in [0.2, 0.25) is 0 Å². The monoisotopic (exact) mass is 202 g/mol. The molecule has 0 heterocycles. The molecule has 0 bridgehead atoms. The molecule has 0 aromatic heterocycles. The molecule has 0 N–H and O–H groups in total. The molecule has 0 aliphatic rings. The van der Waals surface area contributed by atoms with Crippen LogP contribution in [0.25, 0.3) is 0 Å². The lowest BCUT2D eigenvalue weighted by atomic mass is 10.0. The summed E-state index contributed by atoms with van der Waals surface area (Å²) >= 11 is 0. The molecule has 0 amide bonds. The van der Waals surface area contributed by atoms with Crippen molar-refractivity contribution < 1.29 is 4.39 Å². The SMILES string of the molecule is C=C/C=C(\C=C/C)Cc1ccccc1F. The normalized spacial score (nSPS) is 12.0. The molecule has 0 aliphatic carbocycles. The molecule has 0 fully saturated rings. The Kier molecular flexibility index (Phi) is 4.55. The summed E-state index contributed by atoms with van der Waals surface area (Å²) in [6.07, 6.45) is 8.12. The summed E-state index contributed by atoms with van der Waals surface area (Å²) < 4.78 is 13.4. The molecule has 78 valence electrons. The minimum atomic E-state index is -0.156. The smallest absolute Gasteiger partial charge is 0.126 e. The fourth-order valence-electron chi connectivity index (χ4n) is 1.40. The quantitative estimate of drug-likeness (QED) is 0.646. The summed E-state index contributed by atoms with van der Waals surface area (Å²) in [6.45, 7) is 5.59. The lowest BCUT2D eigenvalue weighted by Gasteiger charge is -2.03. The van der Waals surface area contributed by atoms with Gasteiger partial charge in [-0.15, -0.1) is 0 Å². The van der Waals surface area contributed by atoms with Crippen LogP contribution in [0.4, 0.5) is 4.39 Å². The van der Waals surface area contributed by atoms with Crippen LogP contribution in [0.5, 0.6) is 0 Å². The predicted molar refractivity (Wildman–Crippen MR) is 63.2 cm³/mol. The summed E-state index contributed by atoms with van der Waals surface area (Å²) in [5.74, 6) is -0.156. The molecule has 15 heavy (non-hydrogen) atoms. The lowest BCUT2D eigenvalue weighted by Crippen LogP contribution is -1.91. The Morgan fingerprint density at radius 1 is 1.40 bits per heavy atom. The van der Waals surface area contributed by atoms with E-state index in [2.05, 4.69) is 6.58 Å². The van der Waals surface area contributed by atoms with Crippen molar-refractivity contribution in [2.24, 2.45) is 0 Å². The van der Waals surface area contributed by atoms with Crippen molar-refractivity contribution in [3.8, 4) is 0 Å². The lowest BCUT2D eigenvalue weighted by molar-refractivity contribution is 0.614. The van der Waals surface area contributed by atoms with Gasteiger partial charge in [-0.05, 0) is 24.1 Å². The first-order valence-corrected chi connectivity index (χ1v) is 4.95. The third-order valence-electron chi connectivity index (χ3n) is 2.07. The number of hydrogen-bond donors (Lipinski definition) is 0. The molecular weight excluding hydrogens is 187 g/mol. The topological polar surface area (TPSA) is 0 Å². The van der Waals surface area contributed by atoms with Crippen LogP contribution >= 0.6 is 0 Å². The van der Waals surface area contributed by atoms with E-state index in [0.717, 1.165) is 5.57 Å². The van der Waals surface area contributed by atoms with E-state index < -0.39 is 0 Å². The average molecular weight is 202 g/mol. The van der Waals surface area contributed by atoms with Crippen LogP contribution in [0.15, 0.2) is 60.7 Å². The van der Waals surface area contributed by atoms with E-state index >= 15 is 0 Å². The minimum Gasteiger partial charge on any atom is -0.207 e. The molecule has 0 aliphatic heterocycles. The molecule has 1 heteroatoms. The Morgan fingerprint density at radius 2 is 2.13 bits per heavy atom. The first-order valence-electron chi connectivity index (χ1n) is 4.95. The number of allylic oxidation sites excluding steroid dienone is 5. The zero-order valence-electron chi connectivity index (χ0n) is 8.91. The predicted octanol–water partition coefficient (Wildman–Crippen LogP) is 4.06. The van der Waals surface area contributed by atoms with E-state index in [1.54, 1.807) is 18.2 Å². The maximum absolute atomic E-state index is 13.4. The van der Waals surface area contributed by atoms with Gasteiger partial charge in [-0.2, -0.15) is 0 Å². The van der Waals surface area contributed by atoms with Gasteiger partial charge in [0.15, 0.2) is 0 Å². The van der Waals surface area contributed by atoms with Crippen molar-refractivity contribution >= 4 is 0 Å². The Balaban J connectivity index is 2.88. The van der Waals surface area contributed by atoms with Gasteiger partial charge >= 0.3 is 0 Å². The summed E-state index contributed by atoms with van der Waals surface area (Å²) in [7, 11) is 0. The van der Waals surface area contributed by atoms with Crippen molar-refractivity contribution in [2.45, 2.75) is 13.3 Å². The van der Waals surface area contributed by atoms with Crippen molar-refractivity contribution in [3.63, 3.8) is 0 Å². The van der Waals surface area contributed by atoms with Crippen LogP contribution in [0.3, 0.4) is 0 Å². The van der Waals surface area contributed by atoms with E-state index in [1.165, 1.54) is 6.07 Å². The average Bonchev–Trinajstić information content (AvgIpc) is 2.22. The third-order valence-corrected chi connectivity index (χ3v) is 2.07. The van der Waals surface area contributed by atoms with Gasteiger partial charge in [0, 0.05) is 6.42 Å². The molecule has 0 nitrogen and oxygen atoms in total. The molecule has 0 spiro atoms.